The van der Waals surface area contributed by atoms with Gasteiger partial charge in [-0.3, -0.25) is 14.4 Å². The van der Waals surface area contributed by atoms with Crippen LogP contribution < -0.4 is 15.4 Å². The molecule has 0 aromatic heterocycles. The van der Waals surface area contributed by atoms with Crippen LogP contribution in [0.5, 0.6) is 5.75 Å². The van der Waals surface area contributed by atoms with Gasteiger partial charge in [0.05, 0.1) is 24.6 Å². The van der Waals surface area contributed by atoms with Gasteiger partial charge < -0.3 is 25.2 Å². The number of allylic oxidation sites excluding steroid dienone is 2. The maximum absolute atomic E-state index is 13.4. The summed E-state index contributed by atoms with van der Waals surface area (Å²) >= 11 is 1.63. The van der Waals surface area contributed by atoms with Gasteiger partial charge in [-0.05, 0) is 54.5 Å². The first-order valence-electron chi connectivity index (χ1n) is 16.4. The number of aliphatic hydroxyl groups excluding tert-OH is 1. The molecule has 9 heteroatoms. The third-order valence-electron chi connectivity index (χ3n) is 7.50. The standard InChI is InChI=1S/C39H48N2O6S/c1-3-5-8-18-38(44)47-27-35(29-48-28-32-16-11-7-12-17-32)41-39(45)33(13-4-2)24-37(43)40-34(25-42)23-30-19-21-36(22-20-30)46-26-31-14-9-6-10-15-31/h3-4,6-7,9-12,14-17,19-22,33-35,42H,1-2,5,8,13,18,23-29H2,(H,40,43)(H,41,45)/t33-,34-,35+/m0/s1. The van der Waals surface area contributed by atoms with Crippen LogP contribution in [0.4, 0.5) is 0 Å². The van der Waals surface area contributed by atoms with Crippen LogP contribution in [0.1, 0.15) is 48.8 Å². The van der Waals surface area contributed by atoms with Crippen molar-refractivity contribution in [2.45, 2.75) is 63.0 Å². The summed E-state index contributed by atoms with van der Waals surface area (Å²) in [5.41, 5.74) is 3.15. The number of hydrogen-bond donors (Lipinski definition) is 3. The quantitative estimate of drug-likeness (QED) is 0.0626. The highest BCUT2D eigenvalue weighted by molar-refractivity contribution is 7.98. The van der Waals surface area contributed by atoms with Crippen molar-refractivity contribution >= 4 is 29.5 Å². The summed E-state index contributed by atoms with van der Waals surface area (Å²) in [5.74, 6) is 0.335. The van der Waals surface area contributed by atoms with E-state index in [0.29, 0.717) is 31.6 Å². The first kappa shape index (κ1) is 38.1. The molecule has 8 nitrogen and oxygen atoms in total. The molecule has 48 heavy (non-hydrogen) atoms. The minimum absolute atomic E-state index is 0.0378. The van der Waals surface area contributed by atoms with Crippen molar-refractivity contribution in [2.24, 2.45) is 5.92 Å². The fourth-order valence-corrected chi connectivity index (χ4v) is 5.91. The lowest BCUT2D eigenvalue weighted by atomic mass is 9.98. The van der Waals surface area contributed by atoms with Crippen LogP contribution in [-0.4, -0.2) is 53.9 Å². The van der Waals surface area contributed by atoms with Crippen LogP contribution in [0.3, 0.4) is 0 Å². The number of hydrogen-bond acceptors (Lipinski definition) is 7. The van der Waals surface area contributed by atoms with Gasteiger partial charge in [0.15, 0.2) is 0 Å². The van der Waals surface area contributed by atoms with Gasteiger partial charge in [0, 0.05) is 24.3 Å². The Bertz CT molecular complexity index is 1400. The molecule has 0 fully saturated rings. The average molecular weight is 673 g/mol. The van der Waals surface area contributed by atoms with E-state index in [1.165, 1.54) is 0 Å². The monoisotopic (exact) mass is 672 g/mol. The zero-order valence-corrected chi connectivity index (χ0v) is 28.4. The molecular weight excluding hydrogens is 625 g/mol. The fourth-order valence-electron chi connectivity index (χ4n) is 4.90. The molecule has 0 saturated carbocycles. The molecule has 3 aromatic carbocycles. The van der Waals surface area contributed by atoms with Gasteiger partial charge in [-0.15, -0.1) is 13.2 Å². The molecule has 0 spiro atoms. The van der Waals surface area contributed by atoms with Crippen molar-refractivity contribution in [3.05, 3.63) is 127 Å². The van der Waals surface area contributed by atoms with Crippen molar-refractivity contribution < 1.29 is 29.0 Å². The smallest absolute Gasteiger partial charge is 0.305 e. The van der Waals surface area contributed by atoms with Gasteiger partial charge in [0.25, 0.3) is 0 Å². The summed E-state index contributed by atoms with van der Waals surface area (Å²) in [6, 6.07) is 26.5. The minimum Gasteiger partial charge on any atom is -0.489 e. The maximum Gasteiger partial charge on any atom is 0.305 e. The number of benzene rings is 3. The molecule has 256 valence electrons. The number of rotatable bonds is 23. The highest BCUT2D eigenvalue weighted by Gasteiger charge is 2.25. The Morgan fingerprint density at radius 1 is 0.833 bits per heavy atom. The molecule has 3 aromatic rings. The van der Waals surface area contributed by atoms with E-state index in [-0.39, 0.29) is 43.8 Å². The van der Waals surface area contributed by atoms with Crippen LogP contribution in [0, 0.1) is 5.92 Å². The predicted molar refractivity (Wildman–Crippen MR) is 192 cm³/mol. The van der Waals surface area contributed by atoms with Gasteiger partial charge >= 0.3 is 5.97 Å². The van der Waals surface area contributed by atoms with E-state index in [2.05, 4.69) is 23.8 Å². The molecule has 0 radical (unpaired) electrons. The number of thioether (sulfide) groups is 1. The molecule has 0 heterocycles. The summed E-state index contributed by atoms with van der Waals surface area (Å²) in [7, 11) is 0. The van der Waals surface area contributed by atoms with Crippen molar-refractivity contribution in [3.63, 3.8) is 0 Å². The third kappa shape index (κ3) is 15.0. The van der Waals surface area contributed by atoms with Crippen LogP contribution in [-0.2, 0) is 37.9 Å². The molecule has 0 bridgehead atoms. The van der Waals surface area contributed by atoms with Crippen LogP contribution >= 0.6 is 11.8 Å². The topological polar surface area (TPSA) is 114 Å². The Kier molecular flexibility index (Phi) is 17.7. The summed E-state index contributed by atoms with van der Waals surface area (Å²) in [6.45, 7) is 7.70. The van der Waals surface area contributed by atoms with E-state index >= 15 is 0 Å². The minimum atomic E-state index is -0.673. The molecule has 0 unspecified atom stereocenters. The SMILES string of the molecule is C=CCCCC(=O)OC[C@H](CSCc1ccccc1)NC(=O)[C@@H](CC=C)CC(=O)N[C@H](CO)Cc1ccc(OCc2ccccc2)cc1. The zero-order valence-electron chi connectivity index (χ0n) is 27.6. The van der Waals surface area contributed by atoms with Gasteiger partial charge in [-0.25, -0.2) is 0 Å². The van der Waals surface area contributed by atoms with Gasteiger partial charge in [0.1, 0.15) is 19.0 Å². The number of amides is 2. The van der Waals surface area contributed by atoms with Gasteiger partial charge in [-0.2, -0.15) is 11.8 Å². The Balaban J connectivity index is 1.53. The molecule has 0 aliphatic rings. The molecule has 2 amide bonds. The zero-order chi connectivity index (χ0) is 34.4. The van der Waals surface area contributed by atoms with Crippen molar-refractivity contribution in [2.75, 3.05) is 19.0 Å². The molecule has 3 rings (SSSR count). The number of nitrogens with one attached hydrogen (secondary N) is 2. The molecule has 0 aliphatic heterocycles. The average Bonchev–Trinajstić information content (AvgIpc) is 3.10. The van der Waals surface area contributed by atoms with Crippen molar-refractivity contribution in [1.29, 1.82) is 0 Å². The molecule has 3 atom stereocenters. The van der Waals surface area contributed by atoms with E-state index < -0.39 is 18.0 Å². The lowest BCUT2D eigenvalue weighted by molar-refractivity contribution is -0.145. The molecule has 0 aliphatic carbocycles. The summed E-state index contributed by atoms with van der Waals surface area (Å²) in [6.07, 6.45) is 5.66. The first-order valence-corrected chi connectivity index (χ1v) is 17.5. The largest absolute Gasteiger partial charge is 0.489 e. The van der Waals surface area contributed by atoms with Crippen LogP contribution in [0.15, 0.2) is 110 Å². The second kappa shape index (κ2) is 22.3. The molecule has 0 saturated heterocycles. The lowest BCUT2D eigenvalue weighted by Crippen LogP contribution is -2.45. The molecule has 3 N–H and O–H groups in total. The second-order valence-corrected chi connectivity index (χ2v) is 12.6. The van der Waals surface area contributed by atoms with Crippen molar-refractivity contribution in [1.82, 2.24) is 10.6 Å². The van der Waals surface area contributed by atoms with Crippen molar-refractivity contribution in [3.8, 4) is 5.75 Å². The Hall–Kier alpha value is -4.34. The second-order valence-electron chi connectivity index (χ2n) is 11.6. The first-order chi connectivity index (χ1) is 23.4. The normalized spacial score (nSPS) is 12.6. The fraction of sp³-hybridized carbons (Fsp3) is 0.359. The number of ether oxygens (including phenoxy) is 2. The highest BCUT2D eigenvalue weighted by Crippen LogP contribution is 2.17. The van der Waals surface area contributed by atoms with Gasteiger partial charge in [0.2, 0.25) is 11.8 Å². The van der Waals surface area contributed by atoms with Crippen LogP contribution in [0.2, 0.25) is 0 Å². The maximum atomic E-state index is 13.4. The van der Waals surface area contributed by atoms with E-state index in [0.717, 1.165) is 34.6 Å². The van der Waals surface area contributed by atoms with Crippen LogP contribution in [0.25, 0.3) is 0 Å². The summed E-state index contributed by atoms with van der Waals surface area (Å²) < 4.78 is 11.4. The highest BCUT2D eigenvalue weighted by atomic mass is 32.2. The molecular formula is C39H48N2O6S. The number of esters is 1. The van der Waals surface area contributed by atoms with E-state index in [1.54, 1.807) is 23.9 Å². The van der Waals surface area contributed by atoms with E-state index in [4.69, 9.17) is 9.47 Å². The van der Waals surface area contributed by atoms with E-state index in [1.807, 2.05) is 84.9 Å². The lowest BCUT2D eigenvalue weighted by Gasteiger charge is -2.23. The number of aliphatic hydroxyl groups is 1. The van der Waals surface area contributed by atoms with Gasteiger partial charge in [-0.1, -0.05) is 84.9 Å². The predicted octanol–water partition coefficient (Wildman–Crippen LogP) is 6.19. The summed E-state index contributed by atoms with van der Waals surface area (Å²) in [5, 5.41) is 15.9. The third-order valence-corrected chi connectivity index (χ3v) is 8.68. The Morgan fingerprint density at radius 2 is 1.52 bits per heavy atom. The number of carbonyl (C=O) groups is 3. The summed E-state index contributed by atoms with van der Waals surface area (Å²) in [4.78, 5) is 38.8. The Morgan fingerprint density at radius 3 is 2.17 bits per heavy atom. The number of carbonyl (C=O) groups excluding carboxylic acids is 3. The number of unbranched alkanes of at least 4 members (excludes halogenated alkanes) is 1. The Labute approximate surface area is 289 Å². The van der Waals surface area contributed by atoms with E-state index in [9.17, 15) is 19.5 Å².